The monoisotopic (exact) mass is 689 g/mol. The average Bonchev–Trinajstić information content (AvgIpc) is 3.62. The molecule has 1 aliphatic heterocycles. The van der Waals surface area contributed by atoms with Crippen molar-refractivity contribution in [3.05, 3.63) is 168 Å². The Morgan fingerprint density at radius 1 is 0.558 bits per heavy atom. The quantitative estimate of drug-likeness (QED) is 0.178. The number of aromatic nitrogens is 1. The molecule has 0 saturated heterocycles. The minimum absolute atomic E-state index is 0.102. The van der Waals surface area contributed by atoms with Crippen molar-refractivity contribution < 1.29 is 0 Å². The lowest BCUT2D eigenvalue weighted by Crippen LogP contribution is -2.20. The van der Waals surface area contributed by atoms with Gasteiger partial charge in [0.05, 0.1) is 22.4 Å². The van der Waals surface area contributed by atoms with Gasteiger partial charge in [0.2, 0.25) is 0 Å². The molecule has 52 heavy (non-hydrogen) atoms. The molecule has 252 valence electrons. The van der Waals surface area contributed by atoms with Crippen LogP contribution in [0.2, 0.25) is 0 Å². The van der Waals surface area contributed by atoms with E-state index >= 15 is 0 Å². The first kappa shape index (κ1) is 31.1. The van der Waals surface area contributed by atoms with Gasteiger partial charge in [-0.2, -0.15) is 0 Å². The van der Waals surface area contributed by atoms with E-state index in [9.17, 15) is 0 Å². The number of hydrogen-bond acceptors (Lipinski definition) is 3. The predicted octanol–water partition coefficient (Wildman–Crippen LogP) is 13.5. The summed E-state index contributed by atoms with van der Waals surface area (Å²) in [5.41, 5.74) is 16.2. The molecule has 10 rings (SSSR count). The Labute approximate surface area is 309 Å². The topological polar surface area (TPSA) is 11.4 Å². The van der Waals surface area contributed by atoms with Gasteiger partial charge in [0.15, 0.2) is 0 Å². The van der Waals surface area contributed by atoms with Crippen molar-refractivity contribution in [2.75, 3.05) is 16.3 Å². The molecule has 0 amide bonds. The number of rotatable bonds is 5. The van der Waals surface area contributed by atoms with Crippen LogP contribution in [0.5, 0.6) is 0 Å². The summed E-state index contributed by atoms with van der Waals surface area (Å²) in [5.74, 6) is 0. The number of para-hydroxylation sites is 2. The first-order valence-electron chi connectivity index (χ1n) is 18.2. The number of fused-ring (bicyclic) bond motifs is 8. The summed E-state index contributed by atoms with van der Waals surface area (Å²) in [4.78, 5) is 7.51. The second-order valence-corrected chi connectivity index (χ2v) is 15.7. The van der Waals surface area contributed by atoms with Crippen molar-refractivity contribution in [3.8, 4) is 16.8 Å². The van der Waals surface area contributed by atoms with E-state index < -0.39 is 0 Å². The van der Waals surface area contributed by atoms with Crippen molar-refractivity contribution in [2.45, 2.75) is 42.9 Å². The van der Waals surface area contributed by atoms with Crippen molar-refractivity contribution in [1.29, 1.82) is 0 Å². The van der Waals surface area contributed by atoms with E-state index in [2.05, 4.69) is 194 Å². The molecule has 0 radical (unpaired) electrons. The molecule has 7 aromatic carbocycles. The molecule has 0 bridgehead atoms. The lowest BCUT2D eigenvalue weighted by molar-refractivity contribution is 0.660. The zero-order valence-corrected chi connectivity index (χ0v) is 30.7. The third kappa shape index (κ3) is 4.60. The highest BCUT2D eigenvalue weighted by Crippen LogP contribution is 2.53. The van der Waals surface area contributed by atoms with Crippen LogP contribution in [0.4, 0.5) is 28.4 Å². The van der Waals surface area contributed by atoms with Crippen molar-refractivity contribution >= 4 is 62.0 Å². The smallest absolute Gasteiger partial charge is 0.0554 e. The van der Waals surface area contributed by atoms with Crippen molar-refractivity contribution in [3.63, 3.8) is 0 Å². The third-order valence-electron chi connectivity index (χ3n) is 11.2. The van der Waals surface area contributed by atoms with E-state index in [1.165, 1.54) is 76.5 Å². The Hall–Kier alpha value is -5.71. The molecular formula is C48H39N3S. The molecule has 0 fully saturated rings. The highest BCUT2D eigenvalue weighted by molar-refractivity contribution is 7.99. The highest BCUT2D eigenvalue weighted by atomic mass is 32.2. The summed E-state index contributed by atoms with van der Waals surface area (Å²) in [7, 11) is 0. The summed E-state index contributed by atoms with van der Waals surface area (Å²) >= 11 is 1.88. The Bertz CT molecular complexity index is 2700. The molecule has 0 spiro atoms. The summed E-state index contributed by atoms with van der Waals surface area (Å²) < 4.78 is 2.39. The minimum Gasteiger partial charge on any atom is -0.340 e. The molecule has 0 saturated carbocycles. The predicted molar refractivity (Wildman–Crippen MR) is 221 cm³/mol. The van der Waals surface area contributed by atoms with Crippen LogP contribution >= 0.6 is 11.8 Å². The fourth-order valence-corrected chi connectivity index (χ4v) is 9.92. The number of nitrogens with zero attached hydrogens (tertiary/aromatic N) is 3. The second-order valence-electron chi connectivity index (χ2n) is 14.6. The van der Waals surface area contributed by atoms with Gasteiger partial charge in [-0.1, -0.05) is 98.4 Å². The van der Waals surface area contributed by atoms with Gasteiger partial charge < -0.3 is 14.4 Å². The van der Waals surface area contributed by atoms with E-state index in [0.29, 0.717) is 0 Å². The van der Waals surface area contributed by atoms with Crippen LogP contribution in [0.15, 0.2) is 161 Å². The molecule has 0 atom stereocenters. The van der Waals surface area contributed by atoms with Gasteiger partial charge in [0.25, 0.3) is 0 Å². The SMILES string of the molecule is CCN1c2ccc(C)cc2Sc2cc(N(c3ccc4c(c3)C(C)(C)c3ccccc3-4)c3ccc4c(c3)c3ccccc3n4-c3ccccc3)ccc21. The minimum atomic E-state index is -0.102. The lowest BCUT2D eigenvalue weighted by atomic mass is 9.82. The number of hydrogen-bond donors (Lipinski definition) is 0. The molecule has 0 N–H and O–H groups in total. The Morgan fingerprint density at radius 2 is 1.19 bits per heavy atom. The van der Waals surface area contributed by atoms with E-state index in [0.717, 1.165) is 23.6 Å². The summed E-state index contributed by atoms with van der Waals surface area (Å²) in [6.07, 6.45) is 0. The van der Waals surface area contributed by atoms with Crippen LogP contribution in [-0.2, 0) is 5.41 Å². The molecule has 3 nitrogen and oxygen atoms in total. The van der Waals surface area contributed by atoms with E-state index in [1.807, 2.05) is 11.8 Å². The largest absolute Gasteiger partial charge is 0.340 e. The normalized spacial score (nSPS) is 13.9. The van der Waals surface area contributed by atoms with Crippen LogP contribution in [0.25, 0.3) is 38.6 Å². The maximum absolute atomic E-state index is 2.47. The van der Waals surface area contributed by atoms with Crippen LogP contribution in [-0.4, -0.2) is 11.1 Å². The Morgan fingerprint density at radius 3 is 2.04 bits per heavy atom. The second kappa shape index (κ2) is 11.7. The molecule has 0 unspecified atom stereocenters. The van der Waals surface area contributed by atoms with Crippen molar-refractivity contribution in [2.24, 2.45) is 0 Å². The van der Waals surface area contributed by atoms with Crippen LogP contribution in [0.3, 0.4) is 0 Å². The maximum atomic E-state index is 2.47. The summed E-state index contributed by atoms with van der Waals surface area (Å²) in [6.45, 7) is 10.1. The highest BCUT2D eigenvalue weighted by Gasteiger charge is 2.36. The summed E-state index contributed by atoms with van der Waals surface area (Å²) in [5, 5.41) is 2.49. The molecule has 2 heterocycles. The first-order chi connectivity index (χ1) is 25.4. The van der Waals surface area contributed by atoms with Gasteiger partial charge in [-0.3, -0.25) is 0 Å². The maximum Gasteiger partial charge on any atom is 0.0554 e. The van der Waals surface area contributed by atoms with Gasteiger partial charge in [-0.25, -0.2) is 0 Å². The number of benzene rings is 7. The van der Waals surface area contributed by atoms with E-state index in [-0.39, 0.29) is 5.41 Å². The van der Waals surface area contributed by atoms with Gasteiger partial charge in [0.1, 0.15) is 0 Å². The zero-order valence-electron chi connectivity index (χ0n) is 29.9. The number of anilines is 5. The molecule has 2 aliphatic rings. The lowest BCUT2D eigenvalue weighted by Gasteiger charge is -2.34. The van der Waals surface area contributed by atoms with Gasteiger partial charge in [-0.05, 0) is 121 Å². The van der Waals surface area contributed by atoms with E-state index in [1.54, 1.807) is 0 Å². The average molecular weight is 690 g/mol. The zero-order chi connectivity index (χ0) is 35.1. The molecule has 1 aliphatic carbocycles. The van der Waals surface area contributed by atoms with Gasteiger partial charge in [0, 0.05) is 55.3 Å². The fourth-order valence-electron chi connectivity index (χ4n) is 8.70. The standard InChI is InChI=1S/C48H39N3S/c1-5-49-44-24-19-31(2)27-46(44)52-47-30-35(22-26-45(47)49)50(34-20-23-37-36-15-9-11-17-40(36)48(3,4)41(37)29-34)33-21-25-43-39(28-33)38-16-10-12-18-42(38)51(43)32-13-7-6-8-14-32/h6-30H,5H2,1-4H3. The molecule has 4 heteroatoms. The molecule has 1 aromatic heterocycles. The fraction of sp³-hybridized carbons (Fsp3) is 0.125. The molecule has 8 aromatic rings. The number of aryl methyl sites for hydroxylation is 1. The van der Waals surface area contributed by atoms with Gasteiger partial charge >= 0.3 is 0 Å². The van der Waals surface area contributed by atoms with Crippen LogP contribution in [0, 0.1) is 6.92 Å². The van der Waals surface area contributed by atoms with Crippen LogP contribution < -0.4 is 9.80 Å². The first-order valence-corrected chi connectivity index (χ1v) is 19.1. The van der Waals surface area contributed by atoms with Gasteiger partial charge in [-0.15, -0.1) is 0 Å². The Balaban J connectivity index is 1.19. The summed E-state index contributed by atoms with van der Waals surface area (Å²) in [6, 6.07) is 56.4. The Kier molecular flexibility index (Phi) is 6.96. The molecular weight excluding hydrogens is 651 g/mol. The van der Waals surface area contributed by atoms with Crippen LogP contribution in [0.1, 0.15) is 37.5 Å². The van der Waals surface area contributed by atoms with E-state index in [4.69, 9.17) is 0 Å². The third-order valence-corrected chi connectivity index (χ3v) is 12.3. The van der Waals surface area contributed by atoms with Crippen molar-refractivity contribution in [1.82, 2.24) is 4.57 Å².